The SMILES string of the molecule is COc1ccc(C2SCC(=O)N2c2ccc(S(=O)(=O)Nc3cc(C)on3)cc2)cc1. The predicted molar refractivity (Wildman–Crippen MR) is 114 cm³/mol. The van der Waals surface area contributed by atoms with E-state index in [9.17, 15) is 13.2 Å². The number of hydrogen-bond donors (Lipinski definition) is 1. The maximum atomic E-state index is 12.6. The number of anilines is 2. The molecular weight excluding hydrogens is 426 g/mol. The summed E-state index contributed by atoms with van der Waals surface area (Å²) in [5.41, 5.74) is 1.59. The zero-order valence-electron chi connectivity index (χ0n) is 16.2. The highest BCUT2D eigenvalue weighted by molar-refractivity contribution is 8.00. The molecule has 1 aromatic heterocycles. The molecular formula is C20H19N3O5S2. The molecule has 0 radical (unpaired) electrons. The van der Waals surface area contributed by atoms with Crippen molar-refractivity contribution >= 4 is 39.2 Å². The monoisotopic (exact) mass is 445 g/mol. The van der Waals surface area contributed by atoms with E-state index in [4.69, 9.17) is 9.26 Å². The minimum absolute atomic E-state index is 0.0346. The molecule has 3 aromatic rings. The molecule has 1 fully saturated rings. The van der Waals surface area contributed by atoms with E-state index < -0.39 is 10.0 Å². The van der Waals surface area contributed by atoms with Gasteiger partial charge in [0.1, 0.15) is 16.9 Å². The fourth-order valence-corrected chi connectivity index (χ4v) is 5.28. The van der Waals surface area contributed by atoms with Crippen molar-refractivity contribution in [1.82, 2.24) is 5.16 Å². The van der Waals surface area contributed by atoms with Gasteiger partial charge in [-0.05, 0) is 48.9 Å². The number of carbonyl (C=O) groups excluding carboxylic acids is 1. The van der Waals surface area contributed by atoms with Gasteiger partial charge in [-0.1, -0.05) is 17.3 Å². The standard InChI is InChI=1S/C20H19N3O5S2/c1-13-11-18(21-28-13)22-30(25,26)17-9-5-15(6-10-17)23-19(24)12-29-20(23)14-3-7-16(27-2)8-4-14/h3-11,20H,12H2,1-2H3,(H,21,22). The summed E-state index contributed by atoms with van der Waals surface area (Å²) < 4.78 is 37.6. The topological polar surface area (TPSA) is 102 Å². The lowest BCUT2D eigenvalue weighted by Gasteiger charge is -2.24. The zero-order chi connectivity index (χ0) is 21.3. The Morgan fingerprint density at radius 3 is 2.47 bits per heavy atom. The van der Waals surface area contributed by atoms with Gasteiger partial charge in [0.2, 0.25) is 5.91 Å². The smallest absolute Gasteiger partial charge is 0.263 e. The Labute approximate surface area is 178 Å². The van der Waals surface area contributed by atoms with Crippen molar-refractivity contribution in [3.63, 3.8) is 0 Å². The van der Waals surface area contributed by atoms with Crippen LogP contribution in [0.25, 0.3) is 0 Å². The summed E-state index contributed by atoms with van der Waals surface area (Å²) in [5.74, 6) is 1.67. The van der Waals surface area contributed by atoms with Crippen LogP contribution >= 0.6 is 11.8 Å². The van der Waals surface area contributed by atoms with E-state index in [1.807, 2.05) is 24.3 Å². The molecule has 1 unspecified atom stereocenters. The first kappa shape index (κ1) is 20.3. The lowest BCUT2D eigenvalue weighted by atomic mass is 10.2. The van der Waals surface area contributed by atoms with Gasteiger partial charge in [-0.25, -0.2) is 8.42 Å². The van der Waals surface area contributed by atoms with Crippen LogP contribution in [0.2, 0.25) is 0 Å². The molecule has 30 heavy (non-hydrogen) atoms. The highest BCUT2D eigenvalue weighted by Crippen LogP contribution is 2.42. The van der Waals surface area contributed by atoms with Crippen molar-refractivity contribution in [3.05, 3.63) is 65.9 Å². The third-order valence-electron chi connectivity index (χ3n) is 4.56. The molecule has 0 bridgehead atoms. The second-order valence-electron chi connectivity index (χ2n) is 6.62. The molecule has 0 saturated carbocycles. The lowest BCUT2D eigenvalue weighted by Crippen LogP contribution is -2.27. The van der Waals surface area contributed by atoms with Gasteiger partial charge in [-0.2, -0.15) is 0 Å². The summed E-state index contributed by atoms with van der Waals surface area (Å²) in [6.07, 6.45) is 0. The number of benzene rings is 2. The van der Waals surface area contributed by atoms with Gasteiger partial charge in [0.25, 0.3) is 10.0 Å². The molecule has 0 aliphatic carbocycles. The van der Waals surface area contributed by atoms with E-state index >= 15 is 0 Å². The van der Waals surface area contributed by atoms with Gasteiger partial charge in [-0.3, -0.25) is 14.4 Å². The van der Waals surface area contributed by atoms with Gasteiger partial charge in [-0.15, -0.1) is 11.8 Å². The number of amides is 1. The third kappa shape index (κ3) is 4.01. The highest BCUT2D eigenvalue weighted by Gasteiger charge is 2.34. The van der Waals surface area contributed by atoms with Crippen molar-refractivity contribution in [2.24, 2.45) is 0 Å². The maximum Gasteiger partial charge on any atom is 0.263 e. The van der Waals surface area contributed by atoms with Crippen LogP contribution in [0.1, 0.15) is 16.7 Å². The van der Waals surface area contributed by atoms with Gasteiger partial charge in [0.15, 0.2) is 5.82 Å². The fourth-order valence-electron chi connectivity index (χ4n) is 3.12. The molecule has 156 valence electrons. The van der Waals surface area contributed by atoms with Crippen LogP contribution in [0.3, 0.4) is 0 Å². The van der Waals surface area contributed by atoms with Crippen LogP contribution < -0.4 is 14.4 Å². The minimum atomic E-state index is -3.82. The van der Waals surface area contributed by atoms with Crippen LogP contribution in [-0.4, -0.2) is 32.3 Å². The molecule has 1 aliphatic heterocycles. The van der Waals surface area contributed by atoms with E-state index in [1.54, 1.807) is 31.1 Å². The number of sulfonamides is 1. The van der Waals surface area contributed by atoms with E-state index in [-0.39, 0.29) is 22.0 Å². The largest absolute Gasteiger partial charge is 0.497 e. The number of aryl methyl sites for hydroxylation is 1. The molecule has 1 amide bonds. The Morgan fingerprint density at radius 2 is 1.87 bits per heavy atom. The number of rotatable bonds is 6. The van der Waals surface area contributed by atoms with Crippen LogP contribution in [-0.2, 0) is 14.8 Å². The molecule has 1 atom stereocenters. The van der Waals surface area contributed by atoms with Crippen LogP contribution in [0.5, 0.6) is 5.75 Å². The summed E-state index contributed by atoms with van der Waals surface area (Å²) in [6.45, 7) is 1.67. The Hall–Kier alpha value is -2.98. The average molecular weight is 446 g/mol. The third-order valence-corrected chi connectivity index (χ3v) is 7.14. The fraction of sp³-hybridized carbons (Fsp3) is 0.200. The molecule has 8 nitrogen and oxygen atoms in total. The average Bonchev–Trinajstić information content (AvgIpc) is 3.33. The summed E-state index contributed by atoms with van der Waals surface area (Å²) in [6, 6.07) is 15.2. The molecule has 10 heteroatoms. The number of nitrogens with zero attached hydrogens (tertiary/aromatic N) is 2. The number of methoxy groups -OCH3 is 1. The van der Waals surface area contributed by atoms with Crippen molar-refractivity contribution in [2.75, 3.05) is 22.5 Å². The Kier molecular flexibility index (Phi) is 5.44. The van der Waals surface area contributed by atoms with Crippen molar-refractivity contribution in [2.45, 2.75) is 17.2 Å². The Balaban J connectivity index is 1.57. The molecule has 1 saturated heterocycles. The number of nitrogens with one attached hydrogen (secondary N) is 1. The second kappa shape index (κ2) is 8.04. The number of hydrogen-bond acceptors (Lipinski definition) is 7. The molecule has 1 aliphatic rings. The van der Waals surface area contributed by atoms with E-state index in [2.05, 4.69) is 9.88 Å². The quantitative estimate of drug-likeness (QED) is 0.619. The number of carbonyl (C=O) groups is 1. The number of thioether (sulfide) groups is 1. The number of ether oxygens (including phenoxy) is 1. The first-order valence-corrected chi connectivity index (χ1v) is 11.5. The molecule has 2 aromatic carbocycles. The van der Waals surface area contributed by atoms with Crippen molar-refractivity contribution in [1.29, 1.82) is 0 Å². The van der Waals surface area contributed by atoms with Gasteiger partial charge in [0, 0.05) is 11.8 Å². The lowest BCUT2D eigenvalue weighted by molar-refractivity contribution is -0.115. The van der Waals surface area contributed by atoms with Crippen LogP contribution in [0.4, 0.5) is 11.5 Å². The van der Waals surface area contributed by atoms with Crippen LogP contribution in [0.15, 0.2) is 64.0 Å². The summed E-state index contributed by atoms with van der Waals surface area (Å²) in [4.78, 5) is 14.3. The molecule has 2 heterocycles. The first-order valence-electron chi connectivity index (χ1n) is 9.01. The summed E-state index contributed by atoms with van der Waals surface area (Å²) >= 11 is 1.52. The summed E-state index contributed by atoms with van der Waals surface area (Å²) in [5, 5.41) is 3.45. The molecule has 1 N–H and O–H groups in total. The molecule has 4 rings (SSSR count). The number of aromatic nitrogens is 1. The van der Waals surface area contributed by atoms with Gasteiger partial charge < -0.3 is 9.26 Å². The summed E-state index contributed by atoms with van der Waals surface area (Å²) in [7, 11) is -2.22. The van der Waals surface area contributed by atoms with E-state index in [1.165, 1.54) is 30.0 Å². The van der Waals surface area contributed by atoms with Gasteiger partial charge >= 0.3 is 0 Å². The predicted octanol–water partition coefficient (Wildman–Crippen LogP) is 3.57. The van der Waals surface area contributed by atoms with E-state index in [0.717, 1.165) is 11.3 Å². The normalized spacial score (nSPS) is 16.7. The first-order chi connectivity index (χ1) is 14.4. The van der Waals surface area contributed by atoms with Crippen molar-refractivity contribution < 1.29 is 22.5 Å². The second-order valence-corrected chi connectivity index (χ2v) is 9.37. The Bertz CT molecular complexity index is 1160. The highest BCUT2D eigenvalue weighted by atomic mass is 32.2. The minimum Gasteiger partial charge on any atom is -0.497 e. The Morgan fingerprint density at radius 1 is 1.17 bits per heavy atom. The van der Waals surface area contributed by atoms with Crippen LogP contribution in [0, 0.1) is 6.92 Å². The van der Waals surface area contributed by atoms with Gasteiger partial charge in [0.05, 0.1) is 17.8 Å². The van der Waals surface area contributed by atoms with Crippen molar-refractivity contribution in [3.8, 4) is 5.75 Å². The maximum absolute atomic E-state index is 12.6. The van der Waals surface area contributed by atoms with E-state index in [0.29, 0.717) is 17.2 Å². The molecule has 0 spiro atoms. The zero-order valence-corrected chi connectivity index (χ0v) is 17.9.